The molecule has 0 spiro atoms. The van der Waals surface area contributed by atoms with E-state index in [4.69, 9.17) is 4.74 Å². The summed E-state index contributed by atoms with van der Waals surface area (Å²) in [6.07, 6.45) is 0. The average molecular weight is 176 g/mol. The van der Waals surface area contributed by atoms with Crippen molar-refractivity contribution in [1.82, 2.24) is 0 Å². The molecular weight excluding hydrogens is 164 g/mol. The van der Waals surface area contributed by atoms with Gasteiger partial charge in [-0.3, -0.25) is 4.79 Å². The van der Waals surface area contributed by atoms with Gasteiger partial charge in [0, 0.05) is 0 Å². The molecule has 1 unspecified atom stereocenters. The van der Waals surface area contributed by atoms with Crippen LogP contribution in [0.5, 0.6) is 0 Å². The molecule has 1 aromatic carbocycles. The Morgan fingerprint density at radius 1 is 1.31 bits per heavy atom. The molecule has 0 aromatic heterocycles. The van der Waals surface area contributed by atoms with Gasteiger partial charge in [0.05, 0.1) is 12.5 Å². The maximum atomic E-state index is 11.3. The van der Waals surface area contributed by atoms with Crippen molar-refractivity contribution in [2.24, 2.45) is 0 Å². The molecule has 0 aliphatic carbocycles. The smallest absolute Gasteiger partial charge is 0.168 e. The monoisotopic (exact) mass is 176 g/mol. The van der Waals surface area contributed by atoms with Gasteiger partial charge < -0.3 is 4.74 Å². The minimum atomic E-state index is -0.0272. The molecule has 1 fully saturated rings. The number of hydrogen-bond donors (Lipinski definition) is 0. The predicted octanol–water partition coefficient (Wildman–Crippen LogP) is 1.68. The fourth-order valence-electron chi connectivity index (χ4n) is 1.55. The molecule has 2 nitrogen and oxygen atoms in total. The maximum absolute atomic E-state index is 11.3. The van der Waals surface area contributed by atoms with Crippen LogP contribution in [0.15, 0.2) is 24.3 Å². The van der Waals surface area contributed by atoms with Gasteiger partial charge in [-0.05, 0) is 12.5 Å². The summed E-state index contributed by atoms with van der Waals surface area (Å²) in [5.74, 6) is 0.171. The van der Waals surface area contributed by atoms with Gasteiger partial charge in [0.1, 0.15) is 6.61 Å². The normalized spacial score (nSPS) is 22.2. The summed E-state index contributed by atoms with van der Waals surface area (Å²) in [5, 5.41) is 0. The number of aryl methyl sites for hydroxylation is 1. The molecule has 0 bridgehead atoms. The van der Waals surface area contributed by atoms with Crippen LogP contribution < -0.4 is 0 Å². The van der Waals surface area contributed by atoms with Crippen molar-refractivity contribution >= 4 is 5.78 Å². The van der Waals surface area contributed by atoms with Gasteiger partial charge in [0.25, 0.3) is 0 Å². The number of rotatable bonds is 1. The number of carbonyl (C=O) groups is 1. The SMILES string of the molecule is Cc1ccc(C2COCC2=O)cc1. The molecule has 2 heteroatoms. The Kier molecular flexibility index (Phi) is 2.15. The third kappa shape index (κ3) is 1.63. The van der Waals surface area contributed by atoms with E-state index in [1.807, 2.05) is 31.2 Å². The fraction of sp³-hybridized carbons (Fsp3) is 0.364. The lowest BCUT2D eigenvalue weighted by atomic mass is 9.97. The van der Waals surface area contributed by atoms with Crippen LogP contribution >= 0.6 is 0 Å². The van der Waals surface area contributed by atoms with Crippen molar-refractivity contribution < 1.29 is 9.53 Å². The molecule has 0 amide bonds. The second-order valence-corrected chi connectivity index (χ2v) is 3.44. The molecule has 68 valence electrons. The summed E-state index contributed by atoms with van der Waals surface area (Å²) >= 11 is 0. The minimum absolute atomic E-state index is 0.0272. The molecule has 1 heterocycles. The summed E-state index contributed by atoms with van der Waals surface area (Å²) in [5.41, 5.74) is 2.29. The largest absolute Gasteiger partial charge is 0.373 e. The molecule has 13 heavy (non-hydrogen) atoms. The molecule has 1 saturated heterocycles. The second kappa shape index (κ2) is 3.30. The summed E-state index contributed by atoms with van der Waals surface area (Å²) in [6, 6.07) is 8.07. The van der Waals surface area contributed by atoms with Gasteiger partial charge in [-0.15, -0.1) is 0 Å². The lowest BCUT2D eigenvalue weighted by molar-refractivity contribution is -0.118. The Labute approximate surface area is 77.5 Å². The van der Waals surface area contributed by atoms with E-state index in [2.05, 4.69) is 0 Å². The number of carbonyl (C=O) groups excluding carboxylic acids is 1. The van der Waals surface area contributed by atoms with Crippen LogP contribution in [0.3, 0.4) is 0 Å². The molecule has 1 aliphatic heterocycles. The molecule has 0 saturated carbocycles. The van der Waals surface area contributed by atoms with Gasteiger partial charge in [0.2, 0.25) is 0 Å². The van der Waals surface area contributed by atoms with Crippen molar-refractivity contribution in [2.75, 3.05) is 13.2 Å². The van der Waals surface area contributed by atoms with Gasteiger partial charge in [-0.2, -0.15) is 0 Å². The van der Waals surface area contributed by atoms with Crippen LogP contribution in [0.1, 0.15) is 17.0 Å². The average Bonchev–Trinajstić information content (AvgIpc) is 2.53. The summed E-state index contributed by atoms with van der Waals surface area (Å²) < 4.78 is 5.10. The van der Waals surface area contributed by atoms with E-state index in [1.165, 1.54) is 5.56 Å². The van der Waals surface area contributed by atoms with Crippen LogP contribution in [0, 0.1) is 6.92 Å². The van der Waals surface area contributed by atoms with E-state index in [1.54, 1.807) is 0 Å². The van der Waals surface area contributed by atoms with Gasteiger partial charge in [-0.1, -0.05) is 29.8 Å². The molecule has 1 aliphatic rings. The second-order valence-electron chi connectivity index (χ2n) is 3.44. The zero-order valence-corrected chi connectivity index (χ0v) is 7.62. The first-order valence-electron chi connectivity index (χ1n) is 4.44. The standard InChI is InChI=1S/C11H12O2/c1-8-2-4-9(5-3-8)10-6-13-7-11(10)12/h2-5,10H,6-7H2,1H3. The maximum Gasteiger partial charge on any atom is 0.168 e. The van der Waals surface area contributed by atoms with Crippen LogP contribution in [0.4, 0.5) is 0 Å². The Morgan fingerprint density at radius 3 is 2.54 bits per heavy atom. The topological polar surface area (TPSA) is 26.3 Å². The molecule has 0 radical (unpaired) electrons. The van der Waals surface area contributed by atoms with Crippen molar-refractivity contribution in [2.45, 2.75) is 12.8 Å². The van der Waals surface area contributed by atoms with E-state index in [-0.39, 0.29) is 18.3 Å². The van der Waals surface area contributed by atoms with Gasteiger partial charge in [0.15, 0.2) is 5.78 Å². The highest BCUT2D eigenvalue weighted by atomic mass is 16.5. The van der Waals surface area contributed by atoms with Crippen LogP contribution in [0.25, 0.3) is 0 Å². The molecule has 1 atom stereocenters. The molecule has 2 rings (SSSR count). The summed E-state index contributed by atoms with van der Waals surface area (Å²) in [7, 11) is 0. The van der Waals surface area contributed by atoms with Crippen LogP contribution in [0.2, 0.25) is 0 Å². The quantitative estimate of drug-likeness (QED) is 0.650. The summed E-state index contributed by atoms with van der Waals surface area (Å²) in [6.45, 7) is 2.86. The number of ether oxygens (including phenoxy) is 1. The molecular formula is C11H12O2. The summed E-state index contributed by atoms with van der Waals surface area (Å²) in [4.78, 5) is 11.3. The third-order valence-corrected chi connectivity index (χ3v) is 2.40. The van der Waals surface area contributed by atoms with Gasteiger partial charge in [-0.25, -0.2) is 0 Å². The Bertz CT molecular complexity index is 313. The third-order valence-electron chi connectivity index (χ3n) is 2.40. The van der Waals surface area contributed by atoms with Crippen molar-refractivity contribution in [1.29, 1.82) is 0 Å². The number of ketones is 1. The molecule has 1 aromatic rings. The molecule has 0 N–H and O–H groups in total. The van der Waals surface area contributed by atoms with Crippen molar-refractivity contribution in [3.8, 4) is 0 Å². The van der Waals surface area contributed by atoms with Crippen molar-refractivity contribution in [3.05, 3.63) is 35.4 Å². The van der Waals surface area contributed by atoms with E-state index in [9.17, 15) is 4.79 Å². The van der Waals surface area contributed by atoms with E-state index in [0.717, 1.165) is 5.56 Å². The minimum Gasteiger partial charge on any atom is -0.373 e. The lowest BCUT2D eigenvalue weighted by Gasteiger charge is -2.06. The fourth-order valence-corrected chi connectivity index (χ4v) is 1.55. The number of hydrogen-bond acceptors (Lipinski definition) is 2. The number of benzene rings is 1. The predicted molar refractivity (Wildman–Crippen MR) is 49.7 cm³/mol. The van der Waals surface area contributed by atoms with E-state index >= 15 is 0 Å². The Morgan fingerprint density at radius 2 is 2.00 bits per heavy atom. The van der Waals surface area contributed by atoms with Crippen molar-refractivity contribution in [3.63, 3.8) is 0 Å². The highest BCUT2D eigenvalue weighted by Crippen LogP contribution is 2.22. The van der Waals surface area contributed by atoms with Crippen LogP contribution in [-0.2, 0) is 9.53 Å². The first kappa shape index (κ1) is 8.45. The van der Waals surface area contributed by atoms with Gasteiger partial charge >= 0.3 is 0 Å². The highest BCUT2D eigenvalue weighted by Gasteiger charge is 2.26. The Balaban J connectivity index is 2.25. The number of Topliss-reactive ketones (excluding diaryl/α,β-unsaturated/α-hetero) is 1. The Hall–Kier alpha value is -1.15. The van der Waals surface area contributed by atoms with Crippen LogP contribution in [-0.4, -0.2) is 19.0 Å². The lowest BCUT2D eigenvalue weighted by Crippen LogP contribution is -2.08. The zero-order chi connectivity index (χ0) is 9.26. The zero-order valence-electron chi connectivity index (χ0n) is 7.62. The highest BCUT2D eigenvalue weighted by molar-refractivity contribution is 5.88. The van der Waals surface area contributed by atoms with E-state index in [0.29, 0.717) is 6.61 Å². The van der Waals surface area contributed by atoms with E-state index < -0.39 is 0 Å². The first-order valence-corrected chi connectivity index (χ1v) is 4.44. The first-order chi connectivity index (χ1) is 6.27.